The van der Waals surface area contributed by atoms with Crippen molar-refractivity contribution in [3.63, 3.8) is 0 Å². The van der Waals surface area contributed by atoms with E-state index in [4.69, 9.17) is 29.2 Å². The number of para-hydroxylation sites is 1. The standard InChI is InChI=1S/C13H15NOS3/c16-12(14-9-5-2-6-10-14)18-13(17)15-11-7-3-1-4-8-11/h1,3-4,7-8H,2,5-6,9-10H2. The molecule has 18 heavy (non-hydrogen) atoms. The number of benzene rings is 1. The third kappa shape index (κ3) is 4.23. The first-order chi connectivity index (χ1) is 8.75. The molecule has 0 aromatic heterocycles. The summed E-state index contributed by atoms with van der Waals surface area (Å²) in [5.41, 5.74) is 0. The molecule has 1 aromatic carbocycles. The first-order valence-electron chi connectivity index (χ1n) is 5.99. The predicted octanol–water partition coefficient (Wildman–Crippen LogP) is 3.85. The lowest BCUT2D eigenvalue weighted by atomic mass is 10.1. The van der Waals surface area contributed by atoms with Crippen LogP contribution in [0.4, 0.5) is 0 Å². The van der Waals surface area contributed by atoms with Crippen LogP contribution in [0.2, 0.25) is 0 Å². The second-order valence-electron chi connectivity index (χ2n) is 4.08. The lowest BCUT2D eigenvalue weighted by Crippen LogP contribution is -2.33. The monoisotopic (exact) mass is 297 g/mol. The van der Waals surface area contributed by atoms with Gasteiger partial charge in [0.15, 0.2) is 0 Å². The van der Waals surface area contributed by atoms with Gasteiger partial charge in [0.05, 0.1) is 0 Å². The highest BCUT2D eigenvalue weighted by Crippen LogP contribution is 2.20. The van der Waals surface area contributed by atoms with E-state index in [1.54, 1.807) is 0 Å². The fourth-order valence-electron chi connectivity index (χ4n) is 1.82. The van der Waals surface area contributed by atoms with Gasteiger partial charge in [-0.05, 0) is 55.4 Å². The zero-order chi connectivity index (χ0) is 12.8. The van der Waals surface area contributed by atoms with Crippen LogP contribution in [0.5, 0.6) is 5.75 Å². The molecule has 0 N–H and O–H groups in total. The number of hydrogen-bond donors (Lipinski definition) is 0. The average Bonchev–Trinajstić information content (AvgIpc) is 2.40. The van der Waals surface area contributed by atoms with E-state index in [1.165, 1.54) is 31.0 Å². The maximum atomic E-state index is 5.56. The number of rotatable bonds is 1. The molecule has 0 unspecified atom stereocenters. The maximum Gasteiger partial charge on any atom is 0.232 e. The zero-order valence-electron chi connectivity index (χ0n) is 10.0. The summed E-state index contributed by atoms with van der Waals surface area (Å²) in [4.78, 5) is 2.21. The molecule has 1 aliphatic heterocycles. The minimum Gasteiger partial charge on any atom is -0.439 e. The number of thiocarbonyl (C=S) groups is 2. The van der Waals surface area contributed by atoms with Crippen molar-refractivity contribution in [3.05, 3.63) is 30.3 Å². The molecule has 0 atom stereocenters. The van der Waals surface area contributed by atoms with Crippen molar-refractivity contribution in [2.24, 2.45) is 0 Å². The number of thioether (sulfide) groups is 1. The van der Waals surface area contributed by atoms with E-state index in [9.17, 15) is 0 Å². The van der Waals surface area contributed by atoms with Gasteiger partial charge >= 0.3 is 0 Å². The Hall–Kier alpha value is -0.650. The van der Waals surface area contributed by atoms with Gasteiger partial charge in [-0.2, -0.15) is 0 Å². The van der Waals surface area contributed by atoms with Crippen molar-refractivity contribution in [3.8, 4) is 5.75 Å². The van der Waals surface area contributed by atoms with E-state index in [-0.39, 0.29) is 0 Å². The molecule has 0 spiro atoms. The van der Waals surface area contributed by atoms with E-state index >= 15 is 0 Å². The van der Waals surface area contributed by atoms with E-state index < -0.39 is 0 Å². The molecule has 1 aliphatic rings. The van der Waals surface area contributed by atoms with Gasteiger partial charge in [0.25, 0.3) is 0 Å². The first-order valence-corrected chi connectivity index (χ1v) is 7.62. The summed E-state index contributed by atoms with van der Waals surface area (Å²) in [6.45, 7) is 2.08. The van der Waals surface area contributed by atoms with Gasteiger partial charge in [-0.3, -0.25) is 0 Å². The number of hydrogen-bond acceptors (Lipinski definition) is 4. The maximum absolute atomic E-state index is 5.56. The number of nitrogens with zero attached hydrogens (tertiary/aromatic N) is 1. The third-order valence-electron chi connectivity index (χ3n) is 2.73. The number of likely N-dealkylation sites (tertiary alicyclic amines) is 1. The van der Waals surface area contributed by atoms with Gasteiger partial charge in [-0.1, -0.05) is 30.4 Å². The van der Waals surface area contributed by atoms with Crippen molar-refractivity contribution in [1.82, 2.24) is 4.90 Å². The van der Waals surface area contributed by atoms with E-state index in [0.29, 0.717) is 4.38 Å². The minimum absolute atomic E-state index is 0.469. The Morgan fingerprint density at radius 1 is 1.06 bits per heavy atom. The Labute approximate surface area is 123 Å². The highest BCUT2D eigenvalue weighted by atomic mass is 32.2. The molecular formula is C13H15NOS3. The van der Waals surface area contributed by atoms with E-state index in [1.807, 2.05) is 30.3 Å². The second-order valence-corrected chi connectivity index (χ2v) is 6.32. The van der Waals surface area contributed by atoms with Gasteiger partial charge < -0.3 is 9.64 Å². The van der Waals surface area contributed by atoms with Crippen LogP contribution in [-0.2, 0) is 0 Å². The molecule has 2 rings (SSSR count). The summed E-state index contributed by atoms with van der Waals surface area (Å²) in [6.07, 6.45) is 3.73. The smallest absolute Gasteiger partial charge is 0.232 e. The molecule has 1 aromatic rings. The van der Waals surface area contributed by atoms with Crippen molar-refractivity contribution in [2.45, 2.75) is 19.3 Å². The molecule has 96 valence electrons. The van der Waals surface area contributed by atoms with Crippen LogP contribution in [0, 0.1) is 0 Å². The molecule has 0 saturated carbocycles. The predicted molar refractivity (Wildman–Crippen MR) is 85.3 cm³/mol. The van der Waals surface area contributed by atoms with Crippen molar-refractivity contribution < 1.29 is 4.74 Å². The number of piperidine rings is 1. The lowest BCUT2D eigenvalue weighted by molar-refractivity contribution is 0.352. The zero-order valence-corrected chi connectivity index (χ0v) is 12.5. The fourth-order valence-corrected chi connectivity index (χ4v) is 3.31. The Bertz CT molecular complexity index is 416. The minimum atomic E-state index is 0.469. The van der Waals surface area contributed by atoms with E-state index in [0.717, 1.165) is 23.2 Å². The first kappa shape index (κ1) is 13.8. The molecule has 2 nitrogen and oxygen atoms in total. The molecule has 1 saturated heterocycles. The average molecular weight is 297 g/mol. The summed E-state index contributed by atoms with van der Waals surface area (Å²) < 4.78 is 6.85. The SMILES string of the molecule is S=C(Oc1ccccc1)SC(=S)N1CCCCC1. The van der Waals surface area contributed by atoms with E-state index in [2.05, 4.69) is 4.90 Å². The topological polar surface area (TPSA) is 12.5 Å². The van der Waals surface area contributed by atoms with Crippen LogP contribution < -0.4 is 4.74 Å². The molecule has 0 amide bonds. The molecule has 1 heterocycles. The van der Waals surface area contributed by atoms with Gasteiger partial charge in [-0.25, -0.2) is 0 Å². The van der Waals surface area contributed by atoms with Gasteiger partial charge in [0.2, 0.25) is 4.38 Å². The van der Waals surface area contributed by atoms with Crippen LogP contribution in [0.1, 0.15) is 19.3 Å². The van der Waals surface area contributed by atoms with Crippen LogP contribution in [-0.4, -0.2) is 26.7 Å². The van der Waals surface area contributed by atoms with Crippen LogP contribution in [0.15, 0.2) is 30.3 Å². The van der Waals surface area contributed by atoms with Gasteiger partial charge in [0, 0.05) is 13.1 Å². The Morgan fingerprint density at radius 2 is 1.72 bits per heavy atom. The highest BCUT2D eigenvalue weighted by Gasteiger charge is 2.16. The largest absolute Gasteiger partial charge is 0.439 e. The molecule has 0 radical (unpaired) electrons. The normalized spacial score (nSPS) is 15.2. The summed E-state index contributed by atoms with van der Waals surface area (Å²) in [6, 6.07) is 9.56. The van der Waals surface area contributed by atoms with Crippen LogP contribution in [0.25, 0.3) is 0 Å². The summed E-state index contributed by atoms with van der Waals surface area (Å²) >= 11 is 12.0. The summed E-state index contributed by atoms with van der Waals surface area (Å²) in [7, 11) is 0. The molecule has 0 aliphatic carbocycles. The van der Waals surface area contributed by atoms with Crippen LogP contribution >= 0.6 is 36.2 Å². The third-order valence-corrected chi connectivity index (χ3v) is 4.25. The number of ether oxygens (including phenoxy) is 1. The molecule has 5 heteroatoms. The highest BCUT2D eigenvalue weighted by molar-refractivity contribution is 8.37. The summed E-state index contributed by atoms with van der Waals surface area (Å²) in [5.74, 6) is 0.761. The van der Waals surface area contributed by atoms with Crippen molar-refractivity contribution >= 4 is 44.9 Å². The molecule has 0 bridgehead atoms. The van der Waals surface area contributed by atoms with Crippen LogP contribution in [0.3, 0.4) is 0 Å². The quantitative estimate of drug-likeness (QED) is 0.728. The molecular weight excluding hydrogens is 282 g/mol. The van der Waals surface area contributed by atoms with Gasteiger partial charge in [0.1, 0.15) is 10.1 Å². The van der Waals surface area contributed by atoms with Crippen molar-refractivity contribution in [1.29, 1.82) is 0 Å². The Morgan fingerprint density at radius 3 is 2.39 bits per heavy atom. The second kappa shape index (κ2) is 7.07. The Balaban J connectivity index is 1.82. The van der Waals surface area contributed by atoms with Crippen molar-refractivity contribution in [2.75, 3.05) is 13.1 Å². The fraction of sp³-hybridized carbons (Fsp3) is 0.385. The lowest BCUT2D eigenvalue weighted by Gasteiger charge is -2.28. The Kier molecular flexibility index (Phi) is 5.41. The molecule has 1 fully saturated rings. The summed E-state index contributed by atoms with van der Waals surface area (Å²) in [5, 5.41) is 0. The van der Waals surface area contributed by atoms with Gasteiger partial charge in [-0.15, -0.1) is 0 Å².